The van der Waals surface area contributed by atoms with Crippen LogP contribution in [0.5, 0.6) is 0 Å². The first-order chi connectivity index (χ1) is 8.66. The molecule has 3 heteroatoms. The Balaban J connectivity index is 2.12. The average Bonchev–Trinajstić information content (AvgIpc) is 2.72. The second-order valence-electron chi connectivity index (χ2n) is 4.47. The quantitative estimate of drug-likeness (QED) is 0.724. The van der Waals surface area contributed by atoms with Crippen LogP contribution in [0.2, 0.25) is 0 Å². The highest BCUT2D eigenvalue weighted by molar-refractivity contribution is 9.10. The summed E-state index contributed by atoms with van der Waals surface area (Å²) in [5.74, 6) is -0.0499. The van der Waals surface area contributed by atoms with E-state index in [0.29, 0.717) is 0 Å². The van der Waals surface area contributed by atoms with E-state index in [1.807, 2.05) is 6.07 Å². The van der Waals surface area contributed by atoms with E-state index < -0.39 is 0 Å². The van der Waals surface area contributed by atoms with Crippen molar-refractivity contribution < 1.29 is 4.79 Å². The van der Waals surface area contributed by atoms with E-state index in [-0.39, 0.29) is 5.91 Å². The highest BCUT2D eigenvalue weighted by Gasteiger charge is 2.21. The number of rotatable bonds is 1. The molecule has 0 saturated carbocycles. The normalized spacial score (nSPS) is 11.9. The molecule has 0 fully saturated rings. The minimum atomic E-state index is -0.0499. The van der Waals surface area contributed by atoms with Gasteiger partial charge in [-0.05, 0) is 50.7 Å². The second-order valence-corrected chi connectivity index (χ2v) is 5.26. The van der Waals surface area contributed by atoms with Crippen molar-refractivity contribution in [3.05, 3.63) is 52.0 Å². The Hall–Kier alpha value is -1.61. The summed E-state index contributed by atoms with van der Waals surface area (Å²) in [5.41, 5.74) is 5.99. The molecule has 0 spiro atoms. The molecule has 1 amide bonds. The third-order valence-corrected chi connectivity index (χ3v) is 4.13. The summed E-state index contributed by atoms with van der Waals surface area (Å²) in [5, 5.41) is 2.84. The first-order valence-electron chi connectivity index (χ1n) is 5.84. The van der Waals surface area contributed by atoms with Gasteiger partial charge in [0.05, 0.1) is 5.69 Å². The lowest BCUT2D eigenvalue weighted by molar-refractivity contribution is -0.114. The number of anilines is 1. The van der Waals surface area contributed by atoms with Gasteiger partial charge in [0.1, 0.15) is 0 Å². The third-order valence-electron chi connectivity index (χ3n) is 3.23. The summed E-state index contributed by atoms with van der Waals surface area (Å²) in [6.45, 7) is 1.52. The van der Waals surface area contributed by atoms with E-state index in [2.05, 4.69) is 51.6 Å². The molecule has 0 saturated heterocycles. The van der Waals surface area contributed by atoms with Gasteiger partial charge in [0.2, 0.25) is 5.91 Å². The first kappa shape index (κ1) is 11.5. The highest BCUT2D eigenvalue weighted by Crippen LogP contribution is 2.42. The van der Waals surface area contributed by atoms with Gasteiger partial charge in [0, 0.05) is 11.4 Å². The molecule has 0 aliphatic heterocycles. The van der Waals surface area contributed by atoms with E-state index in [0.717, 1.165) is 16.6 Å². The topological polar surface area (TPSA) is 29.1 Å². The lowest BCUT2D eigenvalue weighted by Gasteiger charge is -2.09. The van der Waals surface area contributed by atoms with Gasteiger partial charge >= 0.3 is 0 Å². The van der Waals surface area contributed by atoms with Gasteiger partial charge in [0.15, 0.2) is 0 Å². The number of fused-ring (bicyclic) bond motifs is 3. The van der Waals surface area contributed by atoms with Crippen LogP contribution in [0.4, 0.5) is 5.69 Å². The zero-order chi connectivity index (χ0) is 12.7. The fourth-order valence-corrected chi connectivity index (χ4v) is 3.05. The van der Waals surface area contributed by atoms with Crippen molar-refractivity contribution in [1.29, 1.82) is 0 Å². The SMILES string of the molecule is CC(=O)Nc1ccc2c(c1Br)Cc1ccccc1-2. The molecule has 90 valence electrons. The van der Waals surface area contributed by atoms with Crippen LogP contribution in [0.3, 0.4) is 0 Å². The number of amides is 1. The maximum Gasteiger partial charge on any atom is 0.221 e. The molecule has 18 heavy (non-hydrogen) atoms. The summed E-state index contributed by atoms with van der Waals surface area (Å²) < 4.78 is 0.992. The van der Waals surface area contributed by atoms with E-state index in [1.54, 1.807) is 0 Å². The Morgan fingerprint density at radius 1 is 1.17 bits per heavy atom. The zero-order valence-electron chi connectivity index (χ0n) is 9.96. The van der Waals surface area contributed by atoms with Crippen LogP contribution < -0.4 is 5.32 Å². The predicted molar refractivity (Wildman–Crippen MR) is 76.7 cm³/mol. The monoisotopic (exact) mass is 301 g/mol. The van der Waals surface area contributed by atoms with E-state index in [9.17, 15) is 4.79 Å². The van der Waals surface area contributed by atoms with Gasteiger partial charge in [-0.1, -0.05) is 30.3 Å². The molecule has 2 aromatic carbocycles. The Labute approximate surface area is 114 Å². The molecule has 1 aliphatic rings. The molecule has 1 N–H and O–H groups in total. The summed E-state index contributed by atoms with van der Waals surface area (Å²) in [7, 11) is 0. The number of carbonyl (C=O) groups excluding carboxylic acids is 1. The summed E-state index contributed by atoms with van der Waals surface area (Å²) >= 11 is 3.60. The lowest BCUT2D eigenvalue weighted by Crippen LogP contribution is -2.06. The summed E-state index contributed by atoms with van der Waals surface area (Å²) in [6.07, 6.45) is 0.916. The van der Waals surface area contributed by atoms with E-state index in [1.165, 1.54) is 29.2 Å². The van der Waals surface area contributed by atoms with Crippen molar-refractivity contribution in [1.82, 2.24) is 0 Å². The Morgan fingerprint density at radius 3 is 2.72 bits per heavy atom. The van der Waals surface area contributed by atoms with Crippen molar-refractivity contribution in [2.75, 3.05) is 5.32 Å². The maximum absolute atomic E-state index is 11.2. The van der Waals surface area contributed by atoms with Gasteiger partial charge in [0.25, 0.3) is 0 Å². The van der Waals surface area contributed by atoms with Crippen LogP contribution in [0.25, 0.3) is 11.1 Å². The smallest absolute Gasteiger partial charge is 0.221 e. The van der Waals surface area contributed by atoms with E-state index >= 15 is 0 Å². The van der Waals surface area contributed by atoms with Gasteiger partial charge in [-0.2, -0.15) is 0 Å². The van der Waals surface area contributed by atoms with Crippen molar-refractivity contribution in [3.8, 4) is 11.1 Å². The summed E-state index contributed by atoms with van der Waals surface area (Å²) in [6, 6.07) is 12.5. The minimum absolute atomic E-state index is 0.0499. The van der Waals surface area contributed by atoms with Crippen LogP contribution >= 0.6 is 15.9 Å². The van der Waals surface area contributed by atoms with Gasteiger partial charge < -0.3 is 5.32 Å². The second kappa shape index (κ2) is 4.25. The van der Waals surface area contributed by atoms with Crippen molar-refractivity contribution in [3.63, 3.8) is 0 Å². The van der Waals surface area contributed by atoms with Gasteiger partial charge in [-0.25, -0.2) is 0 Å². The molecule has 2 nitrogen and oxygen atoms in total. The molecule has 0 radical (unpaired) electrons. The van der Waals surface area contributed by atoms with Crippen molar-refractivity contribution in [2.24, 2.45) is 0 Å². The van der Waals surface area contributed by atoms with Crippen molar-refractivity contribution >= 4 is 27.5 Å². The number of hydrogen-bond acceptors (Lipinski definition) is 1. The third kappa shape index (κ3) is 1.75. The Bertz CT molecular complexity index is 649. The number of benzene rings is 2. The highest BCUT2D eigenvalue weighted by atomic mass is 79.9. The standard InChI is InChI=1S/C15H12BrNO/c1-9(18)17-14-7-6-12-11-5-3-2-4-10(11)8-13(12)15(14)16/h2-7H,8H2,1H3,(H,17,18). The van der Waals surface area contributed by atoms with Crippen LogP contribution in [0.15, 0.2) is 40.9 Å². The molecule has 0 bridgehead atoms. The number of nitrogens with one attached hydrogen (secondary N) is 1. The molecule has 1 aliphatic carbocycles. The fourth-order valence-electron chi connectivity index (χ4n) is 2.46. The lowest BCUT2D eigenvalue weighted by atomic mass is 10.1. The molecule has 0 aromatic heterocycles. The molecule has 2 aromatic rings. The molecule has 0 unspecified atom stereocenters. The Kier molecular flexibility index (Phi) is 2.71. The Morgan fingerprint density at radius 2 is 1.94 bits per heavy atom. The van der Waals surface area contributed by atoms with Gasteiger partial charge in [-0.3, -0.25) is 4.79 Å². The van der Waals surface area contributed by atoms with Crippen LogP contribution in [0, 0.1) is 0 Å². The maximum atomic E-state index is 11.2. The molecular formula is C15H12BrNO. The zero-order valence-corrected chi connectivity index (χ0v) is 11.5. The average molecular weight is 302 g/mol. The molecule has 3 rings (SSSR count). The number of hydrogen-bond donors (Lipinski definition) is 1. The summed E-state index contributed by atoms with van der Waals surface area (Å²) in [4.78, 5) is 11.2. The number of carbonyl (C=O) groups is 1. The van der Waals surface area contributed by atoms with Crippen LogP contribution in [0.1, 0.15) is 18.1 Å². The molecular weight excluding hydrogens is 290 g/mol. The largest absolute Gasteiger partial charge is 0.325 e. The predicted octanol–water partition coefficient (Wildman–Crippen LogP) is 3.98. The fraction of sp³-hybridized carbons (Fsp3) is 0.133. The first-order valence-corrected chi connectivity index (χ1v) is 6.63. The minimum Gasteiger partial charge on any atom is -0.325 e. The van der Waals surface area contributed by atoms with Crippen LogP contribution in [-0.2, 0) is 11.2 Å². The molecule has 0 atom stereocenters. The van der Waals surface area contributed by atoms with Crippen LogP contribution in [-0.4, -0.2) is 5.91 Å². The van der Waals surface area contributed by atoms with Crippen molar-refractivity contribution in [2.45, 2.75) is 13.3 Å². The number of halogens is 1. The van der Waals surface area contributed by atoms with E-state index in [4.69, 9.17) is 0 Å². The molecule has 0 heterocycles. The van der Waals surface area contributed by atoms with Gasteiger partial charge in [-0.15, -0.1) is 0 Å².